The van der Waals surface area contributed by atoms with Crippen molar-refractivity contribution in [3.63, 3.8) is 0 Å². The molecule has 96 valence electrons. The molecular weight excluding hydrogens is 248 g/mol. The molecule has 0 atom stereocenters. The summed E-state index contributed by atoms with van der Waals surface area (Å²) in [5.41, 5.74) is 4.48. The van der Waals surface area contributed by atoms with Crippen LogP contribution in [-0.2, 0) is 15.6 Å². The molecule has 1 heterocycles. The lowest BCUT2D eigenvalue weighted by Crippen LogP contribution is -2.18. The van der Waals surface area contributed by atoms with Gasteiger partial charge in [0.2, 0.25) is 5.91 Å². The van der Waals surface area contributed by atoms with Crippen molar-refractivity contribution in [1.82, 2.24) is 10.4 Å². The standard InChI is InChI=1S/C13H16N2O2S/c1-9-13(15(9)17-18-3)12-6-4-11(5-7-12)8-14-10(2)16/h4-7H,8H2,1-3H3,(H,14,16). The highest BCUT2D eigenvalue weighted by Crippen LogP contribution is 2.41. The fourth-order valence-electron chi connectivity index (χ4n) is 1.73. The Morgan fingerprint density at radius 1 is 1.39 bits per heavy atom. The number of benzene rings is 1. The van der Waals surface area contributed by atoms with Gasteiger partial charge in [-0.2, -0.15) is 4.28 Å². The smallest absolute Gasteiger partial charge is 0.217 e. The van der Waals surface area contributed by atoms with Crippen LogP contribution in [0.5, 0.6) is 0 Å². The van der Waals surface area contributed by atoms with Gasteiger partial charge in [-0.05, 0) is 12.5 Å². The average molecular weight is 264 g/mol. The number of amides is 1. The first-order valence-corrected chi connectivity index (χ1v) is 6.84. The summed E-state index contributed by atoms with van der Waals surface area (Å²) in [4.78, 5) is 10.8. The predicted molar refractivity (Wildman–Crippen MR) is 73.0 cm³/mol. The molecule has 0 unspecified atom stereocenters. The third kappa shape index (κ3) is 2.86. The van der Waals surface area contributed by atoms with Crippen LogP contribution in [0.3, 0.4) is 0 Å². The van der Waals surface area contributed by atoms with Crippen molar-refractivity contribution < 1.29 is 9.08 Å². The number of hydrogen-bond acceptors (Lipinski definition) is 4. The van der Waals surface area contributed by atoms with E-state index in [4.69, 9.17) is 4.28 Å². The Hall–Kier alpha value is -1.46. The van der Waals surface area contributed by atoms with Crippen molar-refractivity contribution in [3.8, 4) is 0 Å². The molecule has 1 aromatic carbocycles. The fourth-order valence-corrected chi connectivity index (χ4v) is 2.06. The second kappa shape index (κ2) is 5.46. The van der Waals surface area contributed by atoms with Crippen LogP contribution >= 0.6 is 12.0 Å². The van der Waals surface area contributed by atoms with Crippen LogP contribution < -0.4 is 5.32 Å². The Morgan fingerprint density at radius 3 is 2.61 bits per heavy atom. The molecule has 2 rings (SSSR count). The topological polar surface area (TPSA) is 41.3 Å². The highest BCUT2D eigenvalue weighted by Gasteiger charge is 2.32. The average Bonchev–Trinajstić information content (AvgIpc) is 2.98. The number of allylic oxidation sites excluding steroid dienone is 1. The molecule has 18 heavy (non-hydrogen) atoms. The first-order chi connectivity index (χ1) is 8.63. The first-order valence-electron chi connectivity index (χ1n) is 5.69. The van der Waals surface area contributed by atoms with Crippen LogP contribution in [0.2, 0.25) is 0 Å². The molecule has 0 aliphatic carbocycles. The van der Waals surface area contributed by atoms with Gasteiger partial charge >= 0.3 is 0 Å². The van der Waals surface area contributed by atoms with Gasteiger partial charge in [-0.3, -0.25) is 4.79 Å². The van der Waals surface area contributed by atoms with Gasteiger partial charge in [0.1, 0.15) is 0 Å². The van der Waals surface area contributed by atoms with Gasteiger partial charge in [0.05, 0.1) is 11.4 Å². The monoisotopic (exact) mass is 264 g/mol. The number of carbonyl (C=O) groups is 1. The summed E-state index contributed by atoms with van der Waals surface area (Å²) < 4.78 is 5.36. The van der Waals surface area contributed by atoms with E-state index in [1.165, 1.54) is 19.0 Å². The van der Waals surface area contributed by atoms with Crippen molar-refractivity contribution in [1.29, 1.82) is 0 Å². The minimum Gasteiger partial charge on any atom is -0.352 e. The molecule has 1 aromatic rings. The molecule has 0 saturated carbocycles. The molecule has 0 saturated heterocycles. The lowest BCUT2D eigenvalue weighted by molar-refractivity contribution is -0.119. The maximum Gasteiger partial charge on any atom is 0.217 e. The van der Waals surface area contributed by atoms with Gasteiger partial charge in [0.25, 0.3) is 0 Å². The van der Waals surface area contributed by atoms with Crippen molar-refractivity contribution in [2.45, 2.75) is 20.4 Å². The molecule has 1 aliphatic heterocycles. The molecule has 0 fully saturated rings. The number of hydroxylamine groups is 2. The Bertz CT molecular complexity index is 482. The maximum absolute atomic E-state index is 10.8. The highest BCUT2D eigenvalue weighted by molar-refractivity contribution is 7.93. The summed E-state index contributed by atoms with van der Waals surface area (Å²) in [5.74, 6) is -0.0145. The SMILES string of the molecule is CSON1C(C)=C1c1ccc(CNC(C)=O)cc1. The normalized spacial score (nSPS) is 13.8. The van der Waals surface area contributed by atoms with Gasteiger partial charge in [0, 0.05) is 37.3 Å². The molecule has 0 bridgehead atoms. The van der Waals surface area contributed by atoms with Crippen LogP contribution in [0.1, 0.15) is 25.0 Å². The second-order valence-electron chi connectivity index (χ2n) is 4.08. The van der Waals surface area contributed by atoms with E-state index in [0.29, 0.717) is 6.54 Å². The van der Waals surface area contributed by atoms with Crippen LogP contribution in [-0.4, -0.2) is 17.2 Å². The quantitative estimate of drug-likeness (QED) is 0.830. The highest BCUT2D eigenvalue weighted by atomic mass is 32.2. The number of carbonyl (C=O) groups excluding carboxylic acids is 1. The van der Waals surface area contributed by atoms with Crippen LogP contribution in [0.4, 0.5) is 0 Å². The molecule has 1 N–H and O–H groups in total. The molecular formula is C13H16N2O2S. The Labute approximate surface area is 111 Å². The lowest BCUT2D eigenvalue weighted by atomic mass is 10.1. The van der Waals surface area contributed by atoms with E-state index in [1.807, 2.05) is 42.5 Å². The summed E-state index contributed by atoms with van der Waals surface area (Å²) >= 11 is 1.33. The van der Waals surface area contributed by atoms with E-state index < -0.39 is 0 Å². The second-order valence-corrected chi connectivity index (χ2v) is 4.56. The minimum absolute atomic E-state index is 0.0145. The molecule has 4 nitrogen and oxygen atoms in total. The van der Waals surface area contributed by atoms with Crippen LogP contribution in [0, 0.1) is 0 Å². The molecule has 0 radical (unpaired) electrons. The number of nitrogens with one attached hydrogen (secondary N) is 1. The van der Waals surface area contributed by atoms with E-state index >= 15 is 0 Å². The summed E-state index contributed by atoms with van der Waals surface area (Å²) in [5, 5.41) is 4.59. The van der Waals surface area contributed by atoms with E-state index in [9.17, 15) is 4.79 Å². The zero-order valence-electron chi connectivity index (χ0n) is 10.7. The molecule has 5 heteroatoms. The van der Waals surface area contributed by atoms with Crippen LogP contribution in [0.25, 0.3) is 5.70 Å². The Morgan fingerprint density at radius 2 is 2.06 bits per heavy atom. The summed E-state index contributed by atoms with van der Waals surface area (Å²) in [6, 6.07) is 8.11. The van der Waals surface area contributed by atoms with E-state index in [1.54, 1.807) is 0 Å². The van der Waals surface area contributed by atoms with Crippen LogP contribution in [0.15, 0.2) is 30.0 Å². The number of nitrogens with zero attached hydrogens (tertiary/aromatic N) is 1. The molecule has 1 aliphatic rings. The third-order valence-electron chi connectivity index (χ3n) is 2.72. The number of rotatable bonds is 5. The summed E-state index contributed by atoms with van der Waals surface area (Å²) in [7, 11) is 0. The van der Waals surface area contributed by atoms with Gasteiger partial charge in [0.15, 0.2) is 0 Å². The van der Waals surface area contributed by atoms with Gasteiger partial charge < -0.3 is 5.32 Å². The zero-order chi connectivity index (χ0) is 13.1. The van der Waals surface area contributed by atoms with E-state index in [0.717, 1.165) is 22.5 Å². The van der Waals surface area contributed by atoms with Crippen molar-refractivity contribution in [2.75, 3.05) is 6.26 Å². The zero-order valence-corrected chi connectivity index (χ0v) is 11.5. The molecule has 0 aromatic heterocycles. The van der Waals surface area contributed by atoms with Gasteiger partial charge in [-0.15, -0.1) is 0 Å². The van der Waals surface area contributed by atoms with E-state index in [2.05, 4.69) is 5.32 Å². The predicted octanol–water partition coefficient (Wildman–Crippen LogP) is 2.54. The maximum atomic E-state index is 10.8. The van der Waals surface area contributed by atoms with Crippen molar-refractivity contribution in [3.05, 3.63) is 41.1 Å². The van der Waals surface area contributed by atoms with E-state index in [-0.39, 0.29) is 5.91 Å². The third-order valence-corrected chi connectivity index (χ3v) is 3.02. The minimum atomic E-state index is -0.0145. The van der Waals surface area contributed by atoms with Gasteiger partial charge in [-0.1, -0.05) is 24.3 Å². The van der Waals surface area contributed by atoms with Gasteiger partial charge in [-0.25, -0.2) is 5.06 Å². The largest absolute Gasteiger partial charge is 0.352 e. The molecule has 0 spiro atoms. The Kier molecular flexibility index (Phi) is 3.93. The Balaban J connectivity index is 1.98. The molecule has 1 amide bonds. The summed E-state index contributed by atoms with van der Waals surface area (Å²) in [6.45, 7) is 4.11. The van der Waals surface area contributed by atoms with Crippen molar-refractivity contribution in [2.24, 2.45) is 0 Å². The number of hydrogen-bond donors (Lipinski definition) is 1. The lowest BCUT2D eigenvalue weighted by Gasteiger charge is -2.05. The summed E-state index contributed by atoms with van der Waals surface area (Å²) in [6.07, 6.45) is 1.89. The fraction of sp³-hybridized carbons (Fsp3) is 0.308. The van der Waals surface area contributed by atoms with Crippen molar-refractivity contribution >= 4 is 23.6 Å². The first kappa shape index (κ1) is 13.0.